The maximum Gasteiger partial charge on any atom is 0.220 e. The lowest BCUT2D eigenvalue weighted by atomic mass is 9.81. The fraction of sp³-hybridized carbons (Fsp3) is 0.417. The molecule has 0 bridgehead atoms. The van der Waals surface area contributed by atoms with Crippen molar-refractivity contribution in [3.8, 4) is 0 Å². The van der Waals surface area contributed by atoms with Gasteiger partial charge >= 0.3 is 0 Å². The van der Waals surface area contributed by atoms with Crippen molar-refractivity contribution >= 4 is 5.91 Å². The minimum atomic E-state index is -0.642. The Kier molecular flexibility index (Phi) is 2.49. The average Bonchev–Trinajstić information content (AvgIpc) is 2.25. The molecule has 0 unspecified atom stereocenters. The van der Waals surface area contributed by atoms with Crippen LogP contribution in [0.5, 0.6) is 0 Å². The van der Waals surface area contributed by atoms with Crippen molar-refractivity contribution in [1.82, 2.24) is 5.32 Å². The molecule has 2 rings (SSSR count). The molecule has 15 heavy (non-hydrogen) atoms. The molecule has 1 aromatic carbocycles. The van der Waals surface area contributed by atoms with Crippen LogP contribution in [-0.4, -0.2) is 17.1 Å². The van der Waals surface area contributed by atoms with Crippen LogP contribution in [-0.2, 0) is 10.3 Å². The smallest absolute Gasteiger partial charge is 0.220 e. The molecule has 1 saturated heterocycles. The van der Waals surface area contributed by atoms with Gasteiger partial charge in [0.15, 0.2) is 0 Å². The molecule has 0 spiro atoms. The van der Waals surface area contributed by atoms with Crippen molar-refractivity contribution in [2.45, 2.75) is 31.4 Å². The lowest BCUT2D eigenvalue weighted by molar-refractivity contribution is -0.129. The van der Waals surface area contributed by atoms with Crippen molar-refractivity contribution in [3.63, 3.8) is 0 Å². The van der Waals surface area contributed by atoms with Crippen molar-refractivity contribution in [2.75, 3.05) is 0 Å². The number of hydrogen-bond acceptors (Lipinski definition) is 2. The Morgan fingerprint density at radius 2 is 2.07 bits per heavy atom. The Morgan fingerprint density at radius 3 is 2.73 bits per heavy atom. The van der Waals surface area contributed by atoms with Crippen LogP contribution < -0.4 is 5.32 Å². The van der Waals surface area contributed by atoms with E-state index in [1.165, 1.54) is 0 Å². The summed E-state index contributed by atoms with van der Waals surface area (Å²) in [6.07, 6.45) is 0.415. The van der Waals surface area contributed by atoms with Crippen LogP contribution in [0, 0.1) is 0 Å². The van der Waals surface area contributed by atoms with E-state index in [-0.39, 0.29) is 5.91 Å². The zero-order valence-electron chi connectivity index (χ0n) is 8.73. The van der Waals surface area contributed by atoms with Gasteiger partial charge in [-0.05, 0) is 18.9 Å². The topological polar surface area (TPSA) is 49.3 Å². The Morgan fingerprint density at radius 1 is 1.40 bits per heavy atom. The SMILES string of the molecule is C[C@]1(c2ccccc2)NC(=O)CC[C@@H]1O. The van der Waals surface area contributed by atoms with E-state index in [1.807, 2.05) is 37.3 Å². The van der Waals surface area contributed by atoms with Crippen molar-refractivity contribution < 1.29 is 9.90 Å². The van der Waals surface area contributed by atoms with E-state index in [2.05, 4.69) is 5.32 Å². The number of rotatable bonds is 1. The Hall–Kier alpha value is -1.35. The molecule has 0 saturated carbocycles. The first kappa shape index (κ1) is 10.2. The third-order valence-corrected chi connectivity index (χ3v) is 3.08. The number of piperidine rings is 1. The molecule has 0 aromatic heterocycles. The lowest BCUT2D eigenvalue weighted by Crippen LogP contribution is -2.55. The molecule has 1 heterocycles. The predicted octanol–water partition coefficient (Wildman–Crippen LogP) is 1.17. The molecule has 80 valence electrons. The van der Waals surface area contributed by atoms with Crippen LogP contribution in [0.25, 0.3) is 0 Å². The first-order valence-corrected chi connectivity index (χ1v) is 5.17. The van der Waals surface area contributed by atoms with E-state index in [9.17, 15) is 9.90 Å². The minimum Gasteiger partial charge on any atom is -0.390 e. The highest BCUT2D eigenvalue weighted by atomic mass is 16.3. The summed E-state index contributed by atoms with van der Waals surface area (Å²) < 4.78 is 0. The molecule has 1 aliphatic heterocycles. The summed E-state index contributed by atoms with van der Waals surface area (Å²) in [5.74, 6) is 0.00616. The second-order valence-corrected chi connectivity index (χ2v) is 4.17. The predicted molar refractivity (Wildman–Crippen MR) is 57.2 cm³/mol. The molecule has 0 radical (unpaired) electrons. The van der Waals surface area contributed by atoms with Gasteiger partial charge in [0.1, 0.15) is 0 Å². The standard InChI is InChI=1S/C12H15NO2/c1-12(9-5-3-2-4-6-9)10(14)7-8-11(15)13-12/h2-6,10,14H,7-8H2,1H3,(H,13,15)/t10-,12+/m0/s1. The van der Waals surface area contributed by atoms with Gasteiger partial charge in [0, 0.05) is 6.42 Å². The number of amides is 1. The molecule has 3 heteroatoms. The summed E-state index contributed by atoms with van der Waals surface area (Å²) >= 11 is 0. The van der Waals surface area contributed by atoms with Gasteiger partial charge in [0.05, 0.1) is 11.6 Å². The summed E-state index contributed by atoms with van der Waals surface area (Å²) in [7, 11) is 0. The quantitative estimate of drug-likeness (QED) is 0.723. The molecule has 2 atom stereocenters. The van der Waals surface area contributed by atoms with Gasteiger partial charge < -0.3 is 10.4 Å². The van der Waals surface area contributed by atoms with E-state index in [1.54, 1.807) is 0 Å². The maximum atomic E-state index is 11.4. The van der Waals surface area contributed by atoms with Crippen molar-refractivity contribution in [2.24, 2.45) is 0 Å². The summed E-state index contributed by atoms with van der Waals surface area (Å²) in [4.78, 5) is 11.4. The van der Waals surface area contributed by atoms with E-state index >= 15 is 0 Å². The zero-order chi connectivity index (χ0) is 10.9. The summed E-state index contributed by atoms with van der Waals surface area (Å²) in [5.41, 5.74) is 0.307. The van der Waals surface area contributed by atoms with Gasteiger partial charge in [-0.1, -0.05) is 30.3 Å². The molecular weight excluding hydrogens is 190 g/mol. The van der Waals surface area contributed by atoms with Crippen LogP contribution in [0.2, 0.25) is 0 Å². The fourth-order valence-electron chi connectivity index (χ4n) is 2.04. The summed E-state index contributed by atoms with van der Waals surface area (Å²) in [6, 6.07) is 9.59. The van der Waals surface area contributed by atoms with Crippen LogP contribution in [0.3, 0.4) is 0 Å². The van der Waals surface area contributed by atoms with E-state index in [0.29, 0.717) is 12.8 Å². The second kappa shape index (κ2) is 3.66. The van der Waals surface area contributed by atoms with Crippen molar-refractivity contribution in [1.29, 1.82) is 0 Å². The van der Waals surface area contributed by atoms with Gasteiger partial charge in [0.25, 0.3) is 0 Å². The third-order valence-electron chi connectivity index (χ3n) is 3.08. The van der Waals surface area contributed by atoms with Crippen molar-refractivity contribution in [3.05, 3.63) is 35.9 Å². The molecule has 1 aliphatic rings. The van der Waals surface area contributed by atoms with Crippen LogP contribution in [0.1, 0.15) is 25.3 Å². The van der Waals surface area contributed by atoms with Gasteiger partial charge in [-0.3, -0.25) is 4.79 Å². The Bertz CT molecular complexity index is 363. The van der Waals surface area contributed by atoms with Gasteiger partial charge in [-0.15, -0.1) is 0 Å². The van der Waals surface area contributed by atoms with Gasteiger partial charge in [0.2, 0.25) is 5.91 Å². The van der Waals surface area contributed by atoms with Gasteiger partial charge in [-0.25, -0.2) is 0 Å². The molecule has 3 nitrogen and oxygen atoms in total. The summed E-state index contributed by atoms with van der Waals surface area (Å²) in [5, 5.41) is 12.9. The molecule has 0 aliphatic carbocycles. The molecule has 1 fully saturated rings. The number of aliphatic hydroxyl groups excluding tert-OH is 1. The number of aliphatic hydroxyl groups is 1. The summed E-state index contributed by atoms with van der Waals surface area (Å²) in [6.45, 7) is 1.87. The highest BCUT2D eigenvalue weighted by Crippen LogP contribution is 2.30. The molecular formula is C12H15NO2. The Labute approximate surface area is 89.1 Å². The first-order valence-electron chi connectivity index (χ1n) is 5.17. The van der Waals surface area contributed by atoms with E-state index < -0.39 is 11.6 Å². The second-order valence-electron chi connectivity index (χ2n) is 4.17. The lowest BCUT2D eigenvalue weighted by Gasteiger charge is -2.39. The largest absolute Gasteiger partial charge is 0.390 e. The zero-order valence-corrected chi connectivity index (χ0v) is 8.73. The number of nitrogens with one attached hydrogen (secondary N) is 1. The Balaban J connectivity index is 2.35. The average molecular weight is 205 g/mol. The normalized spacial score (nSPS) is 31.1. The number of benzene rings is 1. The van der Waals surface area contributed by atoms with Crippen LogP contribution in [0.4, 0.5) is 0 Å². The molecule has 2 N–H and O–H groups in total. The third kappa shape index (κ3) is 1.75. The number of carbonyl (C=O) groups excluding carboxylic acids is 1. The van der Waals surface area contributed by atoms with Crippen LogP contribution in [0.15, 0.2) is 30.3 Å². The number of hydrogen-bond donors (Lipinski definition) is 2. The first-order chi connectivity index (χ1) is 7.13. The van der Waals surface area contributed by atoms with Gasteiger partial charge in [-0.2, -0.15) is 0 Å². The fourth-order valence-corrected chi connectivity index (χ4v) is 2.04. The number of carbonyl (C=O) groups is 1. The highest BCUT2D eigenvalue weighted by Gasteiger charge is 2.39. The molecule has 1 aromatic rings. The monoisotopic (exact) mass is 205 g/mol. The maximum absolute atomic E-state index is 11.4. The minimum absolute atomic E-state index is 0.00616. The van der Waals surface area contributed by atoms with Crippen LogP contribution >= 0.6 is 0 Å². The van der Waals surface area contributed by atoms with E-state index in [0.717, 1.165) is 5.56 Å². The molecule has 1 amide bonds. The van der Waals surface area contributed by atoms with E-state index in [4.69, 9.17) is 0 Å². The highest BCUT2D eigenvalue weighted by molar-refractivity contribution is 5.78.